The van der Waals surface area contributed by atoms with Gasteiger partial charge in [0, 0.05) is 48.2 Å². The Morgan fingerprint density at radius 1 is 1.06 bits per heavy atom. The van der Waals surface area contributed by atoms with E-state index in [1.54, 1.807) is 23.3 Å². The highest BCUT2D eigenvalue weighted by Gasteiger charge is 2.25. The standard InChI is InChI=1S/C26H28ClN3O5S/c1-19-9-11-22(36-19)17-29(16-20-7-4-3-5-8-20)25(31)18-28(13-6-14-35-2)26(32)21-10-12-23(27)24(15-21)30(33)34/h3-5,7-12,15H,6,13-14,16-18H2,1-2H3. The predicted octanol–water partition coefficient (Wildman–Crippen LogP) is 5.33. The van der Waals surface area contributed by atoms with Crippen molar-refractivity contribution in [2.75, 3.05) is 26.8 Å². The van der Waals surface area contributed by atoms with E-state index >= 15 is 0 Å². The normalized spacial score (nSPS) is 10.8. The second-order valence-electron chi connectivity index (χ2n) is 8.24. The van der Waals surface area contributed by atoms with Crippen molar-refractivity contribution in [3.05, 3.63) is 96.7 Å². The molecule has 0 bridgehead atoms. The van der Waals surface area contributed by atoms with Crippen molar-refractivity contribution in [2.45, 2.75) is 26.4 Å². The van der Waals surface area contributed by atoms with Crippen molar-refractivity contribution in [2.24, 2.45) is 0 Å². The highest BCUT2D eigenvalue weighted by molar-refractivity contribution is 7.11. The third kappa shape index (κ3) is 7.61. The molecule has 0 atom stereocenters. The minimum atomic E-state index is -0.635. The second-order valence-corrected chi connectivity index (χ2v) is 10.0. The first kappa shape index (κ1) is 27.3. The summed E-state index contributed by atoms with van der Waals surface area (Å²) in [5.41, 5.74) is 0.717. The second kappa shape index (κ2) is 13.2. The van der Waals surface area contributed by atoms with E-state index in [2.05, 4.69) is 0 Å². The van der Waals surface area contributed by atoms with Crippen LogP contribution in [-0.2, 0) is 22.6 Å². The number of aryl methyl sites for hydroxylation is 1. The van der Waals surface area contributed by atoms with Crippen molar-refractivity contribution in [3.8, 4) is 0 Å². The van der Waals surface area contributed by atoms with Crippen LogP contribution in [0.5, 0.6) is 0 Å². The molecule has 0 N–H and O–H groups in total. The minimum Gasteiger partial charge on any atom is -0.385 e. The molecule has 0 fully saturated rings. The van der Waals surface area contributed by atoms with Gasteiger partial charge in [0.15, 0.2) is 0 Å². The van der Waals surface area contributed by atoms with Crippen LogP contribution in [0, 0.1) is 17.0 Å². The number of carbonyl (C=O) groups excluding carboxylic acids is 2. The number of benzene rings is 2. The molecule has 36 heavy (non-hydrogen) atoms. The van der Waals surface area contributed by atoms with Gasteiger partial charge in [-0.15, -0.1) is 11.3 Å². The van der Waals surface area contributed by atoms with E-state index in [1.807, 2.05) is 49.4 Å². The summed E-state index contributed by atoms with van der Waals surface area (Å²) in [5.74, 6) is -0.704. The Bertz CT molecular complexity index is 1200. The molecule has 10 heteroatoms. The van der Waals surface area contributed by atoms with E-state index in [4.69, 9.17) is 16.3 Å². The van der Waals surface area contributed by atoms with E-state index in [0.29, 0.717) is 26.1 Å². The maximum atomic E-state index is 13.5. The molecule has 0 radical (unpaired) electrons. The van der Waals surface area contributed by atoms with Crippen LogP contribution in [-0.4, -0.2) is 53.3 Å². The van der Waals surface area contributed by atoms with Crippen LogP contribution >= 0.6 is 22.9 Å². The first-order chi connectivity index (χ1) is 17.3. The molecule has 0 saturated carbocycles. The van der Waals surface area contributed by atoms with Crippen molar-refractivity contribution >= 4 is 40.4 Å². The van der Waals surface area contributed by atoms with Gasteiger partial charge in [0.2, 0.25) is 5.91 Å². The highest BCUT2D eigenvalue weighted by Crippen LogP contribution is 2.26. The molecule has 1 aromatic heterocycles. The average Bonchev–Trinajstić information content (AvgIpc) is 3.27. The van der Waals surface area contributed by atoms with Crippen molar-refractivity contribution in [1.82, 2.24) is 9.80 Å². The van der Waals surface area contributed by atoms with Gasteiger partial charge in [-0.05, 0) is 43.2 Å². The van der Waals surface area contributed by atoms with Crippen LogP contribution in [0.3, 0.4) is 0 Å². The van der Waals surface area contributed by atoms with Crippen LogP contribution in [0.1, 0.15) is 32.1 Å². The number of nitro benzene ring substituents is 1. The molecular formula is C26H28ClN3O5S. The molecule has 2 aromatic carbocycles. The molecule has 0 aliphatic heterocycles. The summed E-state index contributed by atoms with van der Waals surface area (Å²) < 4.78 is 5.12. The fourth-order valence-electron chi connectivity index (χ4n) is 3.68. The summed E-state index contributed by atoms with van der Waals surface area (Å²) in [5, 5.41) is 11.3. The molecule has 0 saturated heterocycles. The molecule has 0 spiro atoms. The van der Waals surface area contributed by atoms with Gasteiger partial charge in [0.05, 0.1) is 11.5 Å². The lowest BCUT2D eigenvalue weighted by Gasteiger charge is -2.28. The molecular weight excluding hydrogens is 502 g/mol. The summed E-state index contributed by atoms with van der Waals surface area (Å²) in [4.78, 5) is 42.9. The topological polar surface area (TPSA) is 93.0 Å². The zero-order valence-corrected chi connectivity index (χ0v) is 21.8. The largest absolute Gasteiger partial charge is 0.385 e. The molecule has 1 heterocycles. The molecule has 190 valence electrons. The van der Waals surface area contributed by atoms with Crippen LogP contribution < -0.4 is 0 Å². The number of hydrogen-bond acceptors (Lipinski definition) is 6. The van der Waals surface area contributed by atoms with Gasteiger partial charge < -0.3 is 14.5 Å². The lowest BCUT2D eigenvalue weighted by atomic mass is 10.1. The van der Waals surface area contributed by atoms with Gasteiger partial charge in [-0.3, -0.25) is 19.7 Å². The van der Waals surface area contributed by atoms with Crippen LogP contribution in [0.15, 0.2) is 60.7 Å². The van der Waals surface area contributed by atoms with Gasteiger partial charge in [-0.2, -0.15) is 0 Å². The lowest BCUT2D eigenvalue weighted by molar-refractivity contribution is -0.384. The first-order valence-electron chi connectivity index (χ1n) is 11.4. The van der Waals surface area contributed by atoms with E-state index in [0.717, 1.165) is 21.4 Å². The number of thiophene rings is 1. The van der Waals surface area contributed by atoms with Gasteiger partial charge >= 0.3 is 0 Å². The number of amides is 2. The Morgan fingerprint density at radius 2 is 1.81 bits per heavy atom. The summed E-state index contributed by atoms with van der Waals surface area (Å²) >= 11 is 7.54. The van der Waals surface area contributed by atoms with Crippen molar-refractivity contribution in [1.29, 1.82) is 0 Å². The maximum absolute atomic E-state index is 13.5. The monoisotopic (exact) mass is 529 g/mol. The number of nitro groups is 1. The third-order valence-corrected chi connectivity index (χ3v) is 6.80. The number of nitrogens with zero attached hydrogens (tertiary/aromatic N) is 3. The number of carbonyl (C=O) groups is 2. The van der Waals surface area contributed by atoms with E-state index in [1.165, 1.54) is 17.0 Å². The predicted molar refractivity (Wildman–Crippen MR) is 140 cm³/mol. The van der Waals surface area contributed by atoms with E-state index in [-0.39, 0.29) is 35.3 Å². The molecule has 0 aliphatic carbocycles. The number of methoxy groups -OCH3 is 1. The minimum absolute atomic E-state index is 0.0566. The fraction of sp³-hybridized carbons (Fsp3) is 0.308. The molecule has 3 aromatic rings. The van der Waals surface area contributed by atoms with E-state index in [9.17, 15) is 19.7 Å². The van der Waals surface area contributed by atoms with Gasteiger partial charge in [-0.25, -0.2) is 0 Å². The third-order valence-electron chi connectivity index (χ3n) is 5.49. The van der Waals surface area contributed by atoms with Gasteiger partial charge in [0.25, 0.3) is 11.6 Å². The van der Waals surface area contributed by atoms with Crippen LogP contribution in [0.4, 0.5) is 5.69 Å². The van der Waals surface area contributed by atoms with Crippen LogP contribution in [0.25, 0.3) is 0 Å². The molecule has 3 rings (SSSR count). The Hall–Kier alpha value is -3.27. The molecule has 8 nitrogen and oxygen atoms in total. The highest BCUT2D eigenvalue weighted by atomic mass is 35.5. The fourth-order valence-corrected chi connectivity index (χ4v) is 4.77. The van der Waals surface area contributed by atoms with Crippen molar-refractivity contribution < 1.29 is 19.2 Å². The average molecular weight is 530 g/mol. The zero-order chi connectivity index (χ0) is 26.1. The summed E-state index contributed by atoms with van der Waals surface area (Å²) in [7, 11) is 1.56. The molecule has 0 unspecified atom stereocenters. The quantitative estimate of drug-likeness (QED) is 0.180. The van der Waals surface area contributed by atoms with Crippen LogP contribution in [0.2, 0.25) is 5.02 Å². The Morgan fingerprint density at radius 3 is 2.44 bits per heavy atom. The number of hydrogen-bond donors (Lipinski definition) is 0. The zero-order valence-electron chi connectivity index (χ0n) is 20.2. The summed E-state index contributed by atoms with van der Waals surface area (Å²) in [6, 6.07) is 17.6. The maximum Gasteiger partial charge on any atom is 0.288 e. The first-order valence-corrected chi connectivity index (χ1v) is 12.6. The Kier molecular flexibility index (Phi) is 9.98. The Labute approximate surface area is 219 Å². The number of ether oxygens (including phenoxy) is 1. The van der Waals surface area contributed by atoms with Gasteiger partial charge in [0.1, 0.15) is 11.6 Å². The summed E-state index contributed by atoms with van der Waals surface area (Å²) in [6.45, 7) is 3.31. The van der Waals surface area contributed by atoms with Crippen molar-refractivity contribution in [3.63, 3.8) is 0 Å². The molecule has 0 aliphatic rings. The molecule has 2 amide bonds. The van der Waals surface area contributed by atoms with E-state index < -0.39 is 10.8 Å². The smallest absolute Gasteiger partial charge is 0.288 e. The SMILES string of the molecule is COCCCN(CC(=O)N(Cc1ccccc1)Cc1ccc(C)s1)C(=O)c1ccc(Cl)c([N+](=O)[O-])c1. The Balaban J connectivity index is 1.85. The summed E-state index contributed by atoms with van der Waals surface area (Å²) in [6.07, 6.45) is 0.508. The lowest BCUT2D eigenvalue weighted by Crippen LogP contribution is -2.43. The number of rotatable bonds is 12. The number of halogens is 1. The van der Waals surface area contributed by atoms with Gasteiger partial charge in [-0.1, -0.05) is 41.9 Å².